The summed E-state index contributed by atoms with van der Waals surface area (Å²) in [5.41, 5.74) is 3.59. The fraction of sp³-hybridized carbons (Fsp3) is 0.613. The second kappa shape index (κ2) is 12.2. The van der Waals surface area contributed by atoms with Crippen molar-refractivity contribution in [3.8, 4) is 22.6 Å². The third-order valence-electron chi connectivity index (χ3n) is 7.76. The highest BCUT2D eigenvalue weighted by Crippen LogP contribution is 2.49. The molecule has 4 rings (SSSR count). The number of rotatable bonds is 11. The average Bonchev–Trinajstić information content (AvgIpc) is 2.86. The Morgan fingerprint density at radius 3 is 2.75 bits per heavy atom. The molecule has 1 aromatic carbocycles. The summed E-state index contributed by atoms with van der Waals surface area (Å²) in [6, 6.07) is 6.22. The van der Waals surface area contributed by atoms with E-state index in [1.807, 2.05) is 12.3 Å². The monoisotopic (exact) mass is 492 g/mol. The topological polar surface area (TPSA) is 51.7 Å². The molecular formula is C31H44N2O3. The number of piperidine rings is 1. The van der Waals surface area contributed by atoms with E-state index < -0.39 is 5.60 Å². The van der Waals surface area contributed by atoms with Gasteiger partial charge in [0.25, 0.3) is 0 Å². The molecule has 1 saturated heterocycles. The van der Waals surface area contributed by atoms with Crippen LogP contribution in [0.15, 0.2) is 30.6 Å². The number of ether oxygens (including phenoxy) is 2. The predicted octanol–water partition coefficient (Wildman–Crippen LogP) is 7.31. The number of esters is 1. The number of likely N-dealkylation sites (tertiary alicyclic amines) is 1. The van der Waals surface area contributed by atoms with Crippen LogP contribution in [-0.4, -0.2) is 35.5 Å². The fourth-order valence-corrected chi connectivity index (χ4v) is 5.57. The van der Waals surface area contributed by atoms with Gasteiger partial charge in [0.15, 0.2) is 0 Å². The summed E-state index contributed by atoms with van der Waals surface area (Å²) in [6.07, 6.45) is 15.0. The first kappa shape index (κ1) is 26.7. The van der Waals surface area contributed by atoms with Crippen molar-refractivity contribution in [3.05, 3.63) is 41.7 Å². The number of nitrogens with zero attached hydrogens (tertiary/aromatic N) is 2. The number of aryl methyl sites for hydroxylation is 1. The zero-order valence-corrected chi connectivity index (χ0v) is 22.8. The Bertz CT molecular complexity index is 1030. The lowest BCUT2D eigenvalue weighted by Gasteiger charge is -2.35. The standard InChI is InChI=1S/C31H44N2O3/c1-5-6-8-11-23(2)12-13-24-20-27(35-29(34)15-19-33-17-9-7-10-18-33)30-25-22-32-16-14-26(25)31(3,4)36-28(30)21-24/h14,16,20-23H,5-13,15,17-19H2,1-4H3. The third kappa shape index (κ3) is 6.67. The van der Waals surface area contributed by atoms with E-state index in [0.717, 1.165) is 60.5 Å². The molecule has 36 heavy (non-hydrogen) atoms. The molecule has 5 nitrogen and oxygen atoms in total. The minimum Gasteiger partial charge on any atom is -0.482 e. The van der Waals surface area contributed by atoms with E-state index in [1.54, 1.807) is 6.20 Å². The van der Waals surface area contributed by atoms with Crippen molar-refractivity contribution in [2.24, 2.45) is 5.92 Å². The van der Waals surface area contributed by atoms with Crippen molar-refractivity contribution in [3.63, 3.8) is 0 Å². The highest BCUT2D eigenvalue weighted by Gasteiger charge is 2.35. The van der Waals surface area contributed by atoms with Crippen LogP contribution in [0.25, 0.3) is 11.1 Å². The maximum atomic E-state index is 13.0. The molecule has 2 aliphatic rings. The molecule has 0 radical (unpaired) electrons. The lowest BCUT2D eigenvalue weighted by Crippen LogP contribution is -2.32. The van der Waals surface area contributed by atoms with E-state index >= 15 is 0 Å². The van der Waals surface area contributed by atoms with Crippen LogP contribution in [-0.2, 0) is 16.8 Å². The molecule has 0 bridgehead atoms. The Hall–Kier alpha value is -2.40. The number of unbranched alkanes of at least 4 members (excludes halogenated alkanes) is 2. The van der Waals surface area contributed by atoms with Gasteiger partial charge in [0.2, 0.25) is 0 Å². The molecule has 3 heterocycles. The van der Waals surface area contributed by atoms with E-state index in [4.69, 9.17) is 9.47 Å². The molecule has 2 aromatic rings. The van der Waals surface area contributed by atoms with Crippen LogP contribution in [0.1, 0.15) is 96.6 Å². The Labute approximate surface area is 217 Å². The second-order valence-corrected chi connectivity index (χ2v) is 11.3. The van der Waals surface area contributed by atoms with Gasteiger partial charge in [-0.1, -0.05) is 46.0 Å². The number of pyridine rings is 1. The fourth-order valence-electron chi connectivity index (χ4n) is 5.57. The van der Waals surface area contributed by atoms with Gasteiger partial charge in [-0.2, -0.15) is 0 Å². The molecular weight excluding hydrogens is 448 g/mol. The van der Waals surface area contributed by atoms with Crippen molar-refractivity contribution in [2.75, 3.05) is 19.6 Å². The van der Waals surface area contributed by atoms with Gasteiger partial charge in [-0.05, 0) is 82.3 Å². The Morgan fingerprint density at radius 1 is 1.17 bits per heavy atom. The van der Waals surface area contributed by atoms with Crippen molar-refractivity contribution in [1.82, 2.24) is 9.88 Å². The molecule has 0 saturated carbocycles. The molecule has 1 aromatic heterocycles. The quantitative estimate of drug-likeness (QED) is 0.187. The van der Waals surface area contributed by atoms with Gasteiger partial charge in [-0.15, -0.1) is 0 Å². The molecule has 0 N–H and O–H groups in total. The van der Waals surface area contributed by atoms with Crippen LogP contribution in [0.5, 0.6) is 11.5 Å². The van der Waals surface area contributed by atoms with E-state index in [2.05, 4.69) is 49.7 Å². The van der Waals surface area contributed by atoms with Crippen molar-refractivity contribution in [1.29, 1.82) is 0 Å². The Morgan fingerprint density at radius 2 is 1.97 bits per heavy atom. The minimum atomic E-state index is -0.479. The zero-order chi connectivity index (χ0) is 25.5. The van der Waals surface area contributed by atoms with E-state index in [9.17, 15) is 4.79 Å². The van der Waals surface area contributed by atoms with Gasteiger partial charge in [0, 0.05) is 30.1 Å². The number of carbonyl (C=O) groups excluding carboxylic acids is 1. The number of aromatic nitrogens is 1. The largest absolute Gasteiger partial charge is 0.482 e. The summed E-state index contributed by atoms with van der Waals surface area (Å²) in [5, 5.41) is 0. The van der Waals surface area contributed by atoms with Crippen molar-refractivity contribution in [2.45, 2.75) is 97.5 Å². The Balaban J connectivity index is 1.56. The minimum absolute atomic E-state index is 0.178. The summed E-state index contributed by atoms with van der Waals surface area (Å²) in [4.78, 5) is 19.8. The van der Waals surface area contributed by atoms with Gasteiger partial charge in [0.1, 0.15) is 17.1 Å². The van der Waals surface area contributed by atoms with Crippen LogP contribution >= 0.6 is 0 Å². The molecule has 2 aliphatic heterocycles. The number of carbonyl (C=O) groups is 1. The van der Waals surface area contributed by atoms with Gasteiger partial charge in [0.05, 0.1) is 12.0 Å². The van der Waals surface area contributed by atoms with Gasteiger partial charge in [-0.25, -0.2) is 0 Å². The number of hydrogen-bond donors (Lipinski definition) is 0. The van der Waals surface area contributed by atoms with Crippen molar-refractivity contribution < 1.29 is 14.3 Å². The SMILES string of the molecule is CCCCCC(C)CCc1cc(OC(=O)CCN2CCCCC2)c2c(c1)OC(C)(C)c1ccncc1-2. The first-order valence-electron chi connectivity index (χ1n) is 14.1. The van der Waals surface area contributed by atoms with Gasteiger partial charge >= 0.3 is 5.97 Å². The third-order valence-corrected chi connectivity index (χ3v) is 7.76. The average molecular weight is 493 g/mol. The van der Waals surface area contributed by atoms with E-state index in [0.29, 0.717) is 18.1 Å². The van der Waals surface area contributed by atoms with Crippen LogP contribution < -0.4 is 9.47 Å². The summed E-state index contributed by atoms with van der Waals surface area (Å²) in [6.45, 7) is 11.7. The lowest BCUT2D eigenvalue weighted by atomic mass is 9.86. The molecule has 196 valence electrons. The molecule has 1 fully saturated rings. The van der Waals surface area contributed by atoms with Crippen molar-refractivity contribution >= 4 is 5.97 Å². The molecule has 0 aliphatic carbocycles. The van der Waals surface area contributed by atoms with Gasteiger partial charge < -0.3 is 14.4 Å². The number of benzene rings is 1. The molecule has 0 spiro atoms. The molecule has 5 heteroatoms. The highest BCUT2D eigenvalue weighted by atomic mass is 16.5. The molecule has 1 atom stereocenters. The van der Waals surface area contributed by atoms with Gasteiger partial charge in [-0.3, -0.25) is 9.78 Å². The summed E-state index contributed by atoms with van der Waals surface area (Å²) in [7, 11) is 0. The van der Waals surface area contributed by atoms with E-state index in [1.165, 1.54) is 44.9 Å². The summed E-state index contributed by atoms with van der Waals surface area (Å²) >= 11 is 0. The summed E-state index contributed by atoms with van der Waals surface area (Å²) < 4.78 is 12.6. The maximum Gasteiger partial charge on any atom is 0.312 e. The van der Waals surface area contributed by atoms with Crippen LogP contribution in [0.4, 0.5) is 0 Å². The van der Waals surface area contributed by atoms with Crippen LogP contribution in [0.2, 0.25) is 0 Å². The molecule has 1 unspecified atom stereocenters. The van der Waals surface area contributed by atoms with Crippen LogP contribution in [0, 0.1) is 5.92 Å². The number of hydrogen-bond acceptors (Lipinski definition) is 5. The van der Waals surface area contributed by atoms with Crippen LogP contribution in [0.3, 0.4) is 0 Å². The maximum absolute atomic E-state index is 13.0. The predicted molar refractivity (Wildman–Crippen MR) is 145 cm³/mol. The molecule has 0 amide bonds. The van der Waals surface area contributed by atoms with E-state index in [-0.39, 0.29) is 5.97 Å². The number of fused-ring (bicyclic) bond motifs is 3. The zero-order valence-electron chi connectivity index (χ0n) is 22.8. The highest BCUT2D eigenvalue weighted by molar-refractivity contribution is 5.84. The first-order chi connectivity index (χ1) is 17.4. The Kier molecular flexibility index (Phi) is 9.05. The summed E-state index contributed by atoms with van der Waals surface area (Å²) in [5.74, 6) is 1.89. The first-order valence-corrected chi connectivity index (χ1v) is 14.1. The lowest BCUT2D eigenvalue weighted by molar-refractivity contribution is -0.134. The normalized spacial score (nSPS) is 17.6. The smallest absolute Gasteiger partial charge is 0.312 e. The second-order valence-electron chi connectivity index (χ2n) is 11.3.